The van der Waals surface area contributed by atoms with E-state index in [1.165, 1.54) is 18.2 Å². The van der Waals surface area contributed by atoms with Crippen LogP contribution >= 0.6 is 0 Å². The second-order valence-corrected chi connectivity index (χ2v) is 6.37. The largest absolute Gasteiger partial charge is 0.506 e. The van der Waals surface area contributed by atoms with Gasteiger partial charge < -0.3 is 10.8 Å². The van der Waals surface area contributed by atoms with E-state index in [-0.39, 0.29) is 5.56 Å². The fourth-order valence-electron chi connectivity index (χ4n) is 1.98. The molecule has 0 saturated heterocycles. The minimum atomic E-state index is -4.76. The van der Waals surface area contributed by atoms with Gasteiger partial charge in [0, 0.05) is 0 Å². The van der Waals surface area contributed by atoms with Gasteiger partial charge in [0.2, 0.25) is 0 Å². The molecule has 0 aliphatic carbocycles. The number of sulfonamides is 1. The van der Waals surface area contributed by atoms with Gasteiger partial charge >= 0.3 is 6.18 Å². The fraction of sp³-hybridized carbons (Fsp3) is 0.0714. The third kappa shape index (κ3) is 3.43. The first-order valence-corrected chi connectivity index (χ1v) is 7.88. The van der Waals surface area contributed by atoms with Gasteiger partial charge in [-0.25, -0.2) is 8.42 Å². The lowest BCUT2D eigenvalue weighted by Gasteiger charge is -2.15. The number of anilines is 1. The van der Waals surface area contributed by atoms with Crippen LogP contribution in [0.3, 0.4) is 0 Å². The third-order valence-electron chi connectivity index (χ3n) is 3.06. The zero-order valence-corrected chi connectivity index (χ0v) is 12.7. The summed E-state index contributed by atoms with van der Waals surface area (Å²) in [5.41, 5.74) is 3.12. The number of rotatable bonds is 4. The zero-order valence-electron chi connectivity index (χ0n) is 11.9. The van der Waals surface area contributed by atoms with Gasteiger partial charge in [-0.2, -0.15) is 13.2 Å². The molecule has 2 aromatic carbocycles. The Hall–Kier alpha value is -2.75. The molecule has 5 N–H and O–H groups in total. The van der Waals surface area contributed by atoms with Crippen molar-refractivity contribution in [3.8, 4) is 5.75 Å². The lowest BCUT2D eigenvalue weighted by Crippen LogP contribution is -2.18. The van der Waals surface area contributed by atoms with Crippen molar-refractivity contribution in [1.29, 1.82) is 5.41 Å². The van der Waals surface area contributed by atoms with E-state index >= 15 is 0 Å². The van der Waals surface area contributed by atoms with E-state index < -0.39 is 43.9 Å². The molecule has 10 heteroatoms. The molecule has 0 spiro atoms. The normalized spacial score (nSPS) is 12.0. The molecule has 24 heavy (non-hydrogen) atoms. The highest BCUT2D eigenvalue weighted by Crippen LogP contribution is 2.36. The summed E-state index contributed by atoms with van der Waals surface area (Å²) in [5, 5.41) is 17.2. The molecule has 0 bridgehead atoms. The molecule has 0 aromatic heterocycles. The summed E-state index contributed by atoms with van der Waals surface area (Å²) in [6, 6.07) is 7.44. The van der Waals surface area contributed by atoms with E-state index in [9.17, 15) is 26.7 Å². The Morgan fingerprint density at radius 2 is 1.75 bits per heavy atom. The van der Waals surface area contributed by atoms with E-state index in [2.05, 4.69) is 0 Å². The van der Waals surface area contributed by atoms with E-state index in [0.717, 1.165) is 24.3 Å². The Labute approximate surface area is 135 Å². The molecule has 128 valence electrons. The second-order valence-electron chi connectivity index (χ2n) is 4.71. The molecule has 0 radical (unpaired) electrons. The Morgan fingerprint density at radius 3 is 2.33 bits per heavy atom. The van der Waals surface area contributed by atoms with E-state index in [4.69, 9.17) is 11.1 Å². The number of nitrogens with two attached hydrogens (primary N) is 1. The van der Waals surface area contributed by atoms with Gasteiger partial charge in [-0.15, -0.1) is 0 Å². The molecule has 0 saturated carbocycles. The van der Waals surface area contributed by atoms with Gasteiger partial charge in [0.25, 0.3) is 10.0 Å². The first-order valence-electron chi connectivity index (χ1n) is 6.39. The Bertz CT molecular complexity index is 896. The van der Waals surface area contributed by atoms with Crippen LogP contribution in [0.5, 0.6) is 5.75 Å². The topological polar surface area (TPSA) is 116 Å². The van der Waals surface area contributed by atoms with E-state index in [1.54, 1.807) is 4.72 Å². The van der Waals surface area contributed by atoms with Gasteiger partial charge in [0.1, 0.15) is 16.5 Å². The van der Waals surface area contributed by atoms with Crippen molar-refractivity contribution in [2.45, 2.75) is 11.1 Å². The quantitative estimate of drug-likeness (QED) is 0.496. The Morgan fingerprint density at radius 1 is 1.12 bits per heavy atom. The van der Waals surface area contributed by atoms with Crippen LogP contribution in [0.4, 0.5) is 18.9 Å². The first-order chi connectivity index (χ1) is 11.0. The van der Waals surface area contributed by atoms with E-state index in [0.29, 0.717) is 0 Å². The van der Waals surface area contributed by atoms with Crippen LogP contribution in [0, 0.1) is 5.41 Å². The van der Waals surface area contributed by atoms with Crippen molar-refractivity contribution in [3.63, 3.8) is 0 Å². The van der Waals surface area contributed by atoms with Gasteiger partial charge in [-0.3, -0.25) is 10.1 Å². The van der Waals surface area contributed by atoms with Crippen molar-refractivity contribution in [2.24, 2.45) is 5.73 Å². The predicted octanol–water partition coefficient (Wildman–Crippen LogP) is 2.50. The lowest BCUT2D eigenvalue weighted by atomic mass is 10.2. The van der Waals surface area contributed by atoms with Gasteiger partial charge in [0.05, 0.1) is 16.8 Å². The third-order valence-corrected chi connectivity index (χ3v) is 4.45. The summed E-state index contributed by atoms with van der Waals surface area (Å²) in [5.74, 6) is -1.40. The summed E-state index contributed by atoms with van der Waals surface area (Å²) in [6.45, 7) is 0. The zero-order chi connectivity index (χ0) is 18.1. The van der Waals surface area contributed by atoms with Crippen molar-refractivity contribution >= 4 is 21.5 Å². The number of benzene rings is 2. The smallest absolute Gasteiger partial charge is 0.418 e. The van der Waals surface area contributed by atoms with Crippen LogP contribution in [0.2, 0.25) is 0 Å². The molecule has 0 fully saturated rings. The van der Waals surface area contributed by atoms with Gasteiger partial charge in [-0.1, -0.05) is 18.2 Å². The number of phenols is 1. The SMILES string of the molecule is N=C(N)c1cccc(S(=O)(=O)Nc2ccccc2C(F)(F)F)c1O. The summed E-state index contributed by atoms with van der Waals surface area (Å²) in [4.78, 5) is -0.688. The van der Waals surface area contributed by atoms with Gasteiger partial charge in [0.15, 0.2) is 0 Å². The van der Waals surface area contributed by atoms with Crippen molar-refractivity contribution in [1.82, 2.24) is 0 Å². The molecule has 0 heterocycles. The van der Waals surface area contributed by atoms with E-state index in [1.807, 2.05) is 0 Å². The maximum Gasteiger partial charge on any atom is 0.418 e. The molecule has 0 unspecified atom stereocenters. The Balaban J connectivity index is 2.52. The molecule has 0 atom stereocenters. The van der Waals surface area contributed by atoms with Crippen LogP contribution in [-0.4, -0.2) is 19.4 Å². The average Bonchev–Trinajstić information content (AvgIpc) is 2.45. The standard InChI is InChI=1S/C14H12F3N3O3S/c15-14(16,17)9-5-1-2-6-10(9)20-24(22,23)11-7-3-4-8(12(11)21)13(18)19/h1-7,20-21H,(H3,18,19). The molecule has 0 aliphatic heterocycles. The summed E-state index contributed by atoms with van der Waals surface area (Å²) in [6.07, 6.45) is -4.76. The number of amidine groups is 1. The number of para-hydroxylation sites is 2. The number of alkyl halides is 3. The number of phenolic OH excluding ortho intramolecular Hbond substituents is 1. The molecular formula is C14H12F3N3O3S. The number of nitrogens with one attached hydrogen (secondary N) is 2. The molecule has 6 nitrogen and oxygen atoms in total. The van der Waals surface area contributed by atoms with Crippen LogP contribution in [-0.2, 0) is 16.2 Å². The minimum Gasteiger partial charge on any atom is -0.506 e. The van der Waals surface area contributed by atoms with Crippen LogP contribution < -0.4 is 10.5 Å². The number of hydrogen-bond acceptors (Lipinski definition) is 4. The van der Waals surface area contributed by atoms with Crippen LogP contribution in [0.25, 0.3) is 0 Å². The summed E-state index contributed by atoms with van der Waals surface area (Å²) < 4.78 is 65.3. The average molecular weight is 359 g/mol. The minimum absolute atomic E-state index is 0.248. The summed E-state index contributed by atoms with van der Waals surface area (Å²) in [7, 11) is -4.54. The molecule has 0 amide bonds. The maximum atomic E-state index is 12.9. The highest BCUT2D eigenvalue weighted by molar-refractivity contribution is 7.92. The van der Waals surface area contributed by atoms with Crippen LogP contribution in [0.15, 0.2) is 47.4 Å². The molecular weight excluding hydrogens is 347 g/mol. The maximum absolute atomic E-state index is 12.9. The summed E-state index contributed by atoms with van der Waals surface area (Å²) >= 11 is 0. The number of halogens is 3. The molecule has 0 aliphatic rings. The molecule has 2 rings (SSSR count). The highest BCUT2D eigenvalue weighted by Gasteiger charge is 2.34. The number of nitrogen functional groups attached to an aromatic ring is 1. The Kier molecular flexibility index (Phi) is 4.43. The molecule has 2 aromatic rings. The monoisotopic (exact) mass is 359 g/mol. The number of hydrogen-bond donors (Lipinski definition) is 4. The predicted molar refractivity (Wildman–Crippen MR) is 81.4 cm³/mol. The van der Waals surface area contributed by atoms with Crippen molar-refractivity contribution in [2.75, 3.05) is 4.72 Å². The first kappa shape index (κ1) is 17.6. The lowest BCUT2D eigenvalue weighted by molar-refractivity contribution is -0.136. The van der Waals surface area contributed by atoms with Crippen molar-refractivity contribution in [3.05, 3.63) is 53.6 Å². The second kappa shape index (κ2) is 6.04. The highest BCUT2D eigenvalue weighted by atomic mass is 32.2. The van der Waals surface area contributed by atoms with Crippen LogP contribution in [0.1, 0.15) is 11.1 Å². The van der Waals surface area contributed by atoms with Crippen molar-refractivity contribution < 1.29 is 26.7 Å². The number of aromatic hydroxyl groups is 1. The fourth-order valence-corrected chi connectivity index (χ4v) is 3.18. The van der Waals surface area contributed by atoms with Gasteiger partial charge in [-0.05, 0) is 24.3 Å².